The molecule has 1 aliphatic heterocycles. The number of benzene rings is 1. The summed E-state index contributed by atoms with van der Waals surface area (Å²) >= 11 is 0. The lowest BCUT2D eigenvalue weighted by atomic mass is 10.0. The Hall–Kier alpha value is -3.41. The monoisotopic (exact) mass is 494 g/mol. The Morgan fingerprint density at radius 2 is 1.97 bits per heavy atom. The Kier molecular flexibility index (Phi) is 7.01. The minimum Gasteiger partial charge on any atom is -0.383 e. The third-order valence-electron chi connectivity index (χ3n) is 5.52. The molecule has 1 aliphatic rings. The van der Waals surface area contributed by atoms with Crippen molar-refractivity contribution in [3.05, 3.63) is 70.7 Å². The molecule has 1 aromatic carbocycles. The van der Waals surface area contributed by atoms with Crippen LogP contribution in [0.1, 0.15) is 50.5 Å². The van der Waals surface area contributed by atoms with E-state index in [-0.39, 0.29) is 61.0 Å². The third kappa shape index (κ3) is 4.49. The second kappa shape index (κ2) is 9.45. The molecule has 0 bridgehead atoms. The lowest BCUT2D eigenvalue weighted by Crippen LogP contribution is -2.43. The highest BCUT2D eigenvalue weighted by Crippen LogP contribution is 2.36. The molecule has 0 aliphatic carbocycles. The smallest absolute Gasteiger partial charge is 0.383 e. The molecule has 34 heavy (non-hydrogen) atoms. The molecule has 7 nitrogen and oxygen atoms in total. The van der Waals surface area contributed by atoms with E-state index in [0.717, 1.165) is 18.2 Å². The highest BCUT2D eigenvalue weighted by Gasteiger charge is 2.36. The minimum atomic E-state index is -4.71. The summed E-state index contributed by atoms with van der Waals surface area (Å²) < 4.78 is 54.3. The van der Waals surface area contributed by atoms with Gasteiger partial charge in [-0.2, -0.15) is 31.8 Å². The molecule has 0 spiro atoms. The predicted octanol–water partition coefficient (Wildman–Crippen LogP) is 4.11. The molecule has 2 N–H and O–H groups in total. The molecule has 0 saturated carbocycles. The van der Waals surface area contributed by atoms with Gasteiger partial charge >= 0.3 is 6.18 Å². The second-order valence-electron chi connectivity index (χ2n) is 7.74. The van der Waals surface area contributed by atoms with Crippen LogP contribution in [-0.4, -0.2) is 33.0 Å². The highest BCUT2D eigenvalue weighted by molar-refractivity contribution is 7.59. The largest absolute Gasteiger partial charge is 0.416 e. The van der Waals surface area contributed by atoms with Crippen LogP contribution in [0.5, 0.6) is 0 Å². The van der Waals surface area contributed by atoms with E-state index < -0.39 is 29.9 Å². The number of amides is 1. The van der Waals surface area contributed by atoms with Crippen molar-refractivity contribution in [2.24, 2.45) is 0 Å². The summed E-state index contributed by atoms with van der Waals surface area (Å²) in [6.45, 7) is 0.568. The van der Waals surface area contributed by atoms with E-state index >= 15 is 0 Å². The maximum Gasteiger partial charge on any atom is 0.416 e. The van der Waals surface area contributed by atoms with Gasteiger partial charge in [0, 0.05) is 30.4 Å². The number of pyridine rings is 1. The average Bonchev–Trinajstić information content (AvgIpc) is 3.19. The van der Waals surface area contributed by atoms with Gasteiger partial charge in [0.05, 0.1) is 23.4 Å². The predicted molar refractivity (Wildman–Crippen MR) is 122 cm³/mol. The number of alkyl halides is 4. The van der Waals surface area contributed by atoms with Crippen molar-refractivity contribution >= 4 is 36.7 Å². The van der Waals surface area contributed by atoms with E-state index in [4.69, 9.17) is 5.73 Å². The number of aromatic nitrogens is 3. The van der Waals surface area contributed by atoms with Gasteiger partial charge in [0.2, 0.25) is 0 Å². The van der Waals surface area contributed by atoms with Crippen molar-refractivity contribution in [1.29, 1.82) is 0 Å². The average molecular weight is 495 g/mol. The number of ketones is 1. The Bertz CT molecular complexity index is 1240. The van der Waals surface area contributed by atoms with Crippen LogP contribution in [0.2, 0.25) is 0 Å². The molecule has 3 aromatic rings. The summed E-state index contributed by atoms with van der Waals surface area (Å²) in [5, 5.41) is 4.23. The fourth-order valence-electron chi connectivity index (χ4n) is 3.93. The number of hydrogen-bond donors (Lipinski definition) is 1. The van der Waals surface area contributed by atoms with Gasteiger partial charge < -0.3 is 10.6 Å². The number of rotatable bonds is 5. The van der Waals surface area contributed by atoms with Crippen LogP contribution in [0.4, 0.5) is 29.1 Å². The maximum absolute atomic E-state index is 13.4. The quantitative estimate of drug-likeness (QED) is 0.426. The zero-order valence-corrected chi connectivity index (χ0v) is 18.9. The number of carbonyl (C=O) groups is 2. The Labute approximate surface area is 199 Å². The number of fused-ring (bicyclic) bond motifs is 1. The second-order valence-corrected chi connectivity index (χ2v) is 7.74. The van der Waals surface area contributed by atoms with E-state index in [1.54, 1.807) is 13.0 Å². The van der Waals surface area contributed by atoms with E-state index in [1.807, 2.05) is 0 Å². The molecule has 2 aromatic heterocycles. The highest BCUT2D eigenvalue weighted by atomic mass is 32.1. The first-order valence-corrected chi connectivity index (χ1v) is 9.99. The van der Waals surface area contributed by atoms with Gasteiger partial charge in [0.25, 0.3) is 5.91 Å². The van der Waals surface area contributed by atoms with Crippen molar-refractivity contribution in [3.63, 3.8) is 0 Å². The van der Waals surface area contributed by atoms with Crippen LogP contribution >= 0.6 is 13.5 Å². The maximum atomic E-state index is 13.4. The van der Waals surface area contributed by atoms with Crippen molar-refractivity contribution in [2.75, 3.05) is 17.2 Å². The fraction of sp³-hybridized carbons (Fsp3) is 0.273. The van der Waals surface area contributed by atoms with Crippen LogP contribution in [-0.2, 0) is 19.3 Å². The molecule has 0 unspecified atom stereocenters. The molecular formula is C22H21F4N5O2S. The minimum absolute atomic E-state index is 0. The first-order valence-electron chi connectivity index (χ1n) is 9.99. The molecule has 1 amide bonds. The SMILES string of the molecule is C[C@H]1CN(c2ccc(C(F)(F)F)c(C[18F])c2)C(=O)c2c(CC(=O)c3cccnc3N)cnn21.S. The zero-order chi connectivity index (χ0) is 23.9. The van der Waals surface area contributed by atoms with Gasteiger partial charge in [-0.15, -0.1) is 0 Å². The molecule has 4 rings (SSSR count). The van der Waals surface area contributed by atoms with Crippen LogP contribution in [0.3, 0.4) is 0 Å². The normalized spacial score (nSPS) is 15.6. The van der Waals surface area contributed by atoms with E-state index in [0.29, 0.717) is 5.56 Å². The molecule has 1 atom stereocenters. The van der Waals surface area contributed by atoms with Gasteiger partial charge in [0.15, 0.2) is 5.78 Å². The van der Waals surface area contributed by atoms with Crippen LogP contribution in [0, 0.1) is 0 Å². The number of carbonyl (C=O) groups excluding carboxylic acids is 2. The van der Waals surface area contributed by atoms with Crippen molar-refractivity contribution in [2.45, 2.75) is 32.2 Å². The number of anilines is 2. The number of nitrogens with zero attached hydrogens (tertiary/aromatic N) is 4. The summed E-state index contributed by atoms with van der Waals surface area (Å²) in [7, 11) is 0. The lowest BCUT2D eigenvalue weighted by molar-refractivity contribution is -0.138. The molecule has 0 radical (unpaired) electrons. The topological polar surface area (TPSA) is 94.1 Å². The third-order valence-corrected chi connectivity index (χ3v) is 5.52. The van der Waals surface area contributed by atoms with Crippen LogP contribution in [0.15, 0.2) is 42.7 Å². The molecular weight excluding hydrogens is 473 g/mol. The van der Waals surface area contributed by atoms with Gasteiger partial charge in [-0.3, -0.25) is 14.3 Å². The van der Waals surface area contributed by atoms with Crippen molar-refractivity contribution in [3.8, 4) is 0 Å². The van der Waals surface area contributed by atoms with Crippen molar-refractivity contribution < 1.29 is 27.2 Å². The van der Waals surface area contributed by atoms with Gasteiger partial charge in [-0.05, 0) is 42.8 Å². The van der Waals surface area contributed by atoms with Gasteiger partial charge in [0.1, 0.15) is 18.2 Å². The Balaban J connectivity index is 0.00000324. The van der Waals surface area contributed by atoms with Crippen LogP contribution < -0.4 is 10.6 Å². The summed E-state index contributed by atoms with van der Waals surface area (Å²) in [5.41, 5.74) is 4.96. The van der Waals surface area contributed by atoms with Crippen molar-refractivity contribution in [1.82, 2.24) is 14.8 Å². The van der Waals surface area contributed by atoms with Gasteiger partial charge in [-0.1, -0.05) is 0 Å². The number of halogens is 4. The van der Waals surface area contributed by atoms with Gasteiger partial charge in [-0.25, -0.2) is 9.37 Å². The summed E-state index contributed by atoms with van der Waals surface area (Å²) in [6.07, 6.45) is -2.01. The summed E-state index contributed by atoms with van der Waals surface area (Å²) in [4.78, 5) is 31.2. The fourth-order valence-corrected chi connectivity index (χ4v) is 3.93. The number of Topliss-reactive ketones (excluding diaryl/α,β-unsaturated/α-hetero) is 1. The molecule has 0 saturated heterocycles. The van der Waals surface area contributed by atoms with E-state index in [2.05, 4.69) is 10.1 Å². The number of hydrogen-bond acceptors (Lipinski definition) is 5. The molecule has 180 valence electrons. The molecule has 3 heterocycles. The molecule has 0 fully saturated rings. The first-order chi connectivity index (χ1) is 15.6. The standard InChI is InChI=1S/C22H19F4N5O2.H2S/c1-12-11-30(15-4-5-17(22(24,25)26)13(7-15)9-23)21(33)19-14(10-29-31(12)19)8-18(32)16-3-2-6-28-20(16)27;/h2-7,10,12H,8-9,11H2,1H3,(H2,27,28);1H2/t12-;/m0./s1/i23-1;. The van der Waals surface area contributed by atoms with E-state index in [9.17, 15) is 27.2 Å². The van der Waals surface area contributed by atoms with Crippen LogP contribution in [0.25, 0.3) is 0 Å². The lowest BCUT2D eigenvalue weighted by Gasteiger charge is -2.33. The van der Waals surface area contributed by atoms with E-state index in [1.165, 1.54) is 28.0 Å². The Morgan fingerprint density at radius 1 is 1.24 bits per heavy atom. The molecule has 12 heteroatoms. The first kappa shape index (κ1) is 25.2. The summed E-state index contributed by atoms with van der Waals surface area (Å²) in [6, 6.07) is 5.70. The number of nitrogen functional groups attached to an aromatic ring is 1. The zero-order valence-electron chi connectivity index (χ0n) is 17.9. The number of nitrogens with two attached hydrogens (primary N) is 1. The summed E-state index contributed by atoms with van der Waals surface area (Å²) in [5.74, 6) is -0.839. The Morgan fingerprint density at radius 3 is 2.62 bits per heavy atom.